The van der Waals surface area contributed by atoms with E-state index in [1.165, 1.54) is 18.1 Å². The topological polar surface area (TPSA) is 61.4 Å². The SMILES string of the molecule is CC(=O)NCCc1ccc(C(C)NCC2(O)CCSC2)cc1. The molecule has 2 unspecified atom stereocenters. The van der Waals surface area contributed by atoms with Crippen LogP contribution in [0, 0.1) is 0 Å². The van der Waals surface area contributed by atoms with E-state index in [-0.39, 0.29) is 11.9 Å². The molecule has 1 amide bonds. The van der Waals surface area contributed by atoms with Crippen molar-refractivity contribution < 1.29 is 9.90 Å². The first kappa shape index (κ1) is 17.3. The first-order chi connectivity index (χ1) is 10.5. The highest BCUT2D eigenvalue weighted by molar-refractivity contribution is 7.99. The molecule has 0 aromatic heterocycles. The fourth-order valence-corrected chi connectivity index (χ4v) is 3.85. The second kappa shape index (κ2) is 7.99. The highest BCUT2D eigenvalue weighted by atomic mass is 32.2. The Morgan fingerprint density at radius 1 is 1.41 bits per heavy atom. The summed E-state index contributed by atoms with van der Waals surface area (Å²) in [7, 11) is 0. The molecule has 122 valence electrons. The van der Waals surface area contributed by atoms with Crippen molar-refractivity contribution in [2.45, 2.75) is 38.3 Å². The summed E-state index contributed by atoms with van der Waals surface area (Å²) in [6.45, 7) is 4.98. The molecule has 1 aromatic rings. The Morgan fingerprint density at radius 2 is 2.14 bits per heavy atom. The summed E-state index contributed by atoms with van der Waals surface area (Å²) in [5.41, 5.74) is 1.89. The number of aliphatic hydroxyl groups is 1. The lowest BCUT2D eigenvalue weighted by molar-refractivity contribution is -0.118. The summed E-state index contributed by atoms with van der Waals surface area (Å²) in [4.78, 5) is 10.8. The van der Waals surface area contributed by atoms with Crippen LogP contribution in [0.3, 0.4) is 0 Å². The van der Waals surface area contributed by atoms with Crippen molar-refractivity contribution in [2.24, 2.45) is 0 Å². The third-order valence-corrected chi connectivity index (χ3v) is 5.32. The van der Waals surface area contributed by atoms with Crippen LogP contribution in [0.1, 0.15) is 37.4 Å². The molecule has 1 aliphatic rings. The van der Waals surface area contributed by atoms with E-state index in [2.05, 4.69) is 41.8 Å². The van der Waals surface area contributed by atoms with Gasteiger partial charge in [0.05, 0.1) is 5.60 Å². The number of hydrogen-bond acceptors (Lipinski definition) is 4. The zero-order valence-corrected chi connectivity index (χ0v) is 14.2. The summed E-state index contributed by atoms with van der Waals surface area (Å²) in [6, 6.07) is 8.67. The van der Waals surface area contributed by atoms with Crippen molar-refractivity contribution >= 4 is 17.7 Å². The molecule has 1 heterocycles. The van der Waals surface area contributed by atoms with E-state index in [0.717, 1.165) is 24.3 Å². The molecular formula is C17H26N2O2S. The maximum absolute atomic E-state index is 10.8. The minimum Gasteiger partial charge on any atom is -0.388 e. The molecule has 0 saturated carbocycles. The molecular weight excluding hydrogens is 296 g/mol. The molecule has 0 aliphatic carbocycles. The highest BCUT2D eigenvalue weighted by Gasteiger charge is 2.31. The van der Waals surface area contributed by atoms with Crippen molar-refractivity contribution in [3.05, 3.63) is 35.4 Å². The number of rotatable bonds is 7. The van der Waals surface area contributed by atoms with Gasteiger partial charge in [-0.15, -0.1) is 0 Å². The molecule has 0 spiro atoms. The van der Waals surface area contributed by atoms with E-state index in [9.17, 15) is 9.90 Å². The molecule has 4 nitrogen and oxygen atoms in total. The fraction of sp³-hybridized carbons (Fsp3) is 0.588. The number of hydrogen-bond donors (Lipinski definition) is 3. The van der Waals surface area contributed by atoms with Crippen molar-refractivity contribution in [2.75, 3.05) is 24.6 Å². The summed E-state index contributed by atoms with van der Waals surface area (Å²) in [5.74, 6) is 1.89. The minimum absolute atomic E-state index is 0.0115. The molecule has 5 heteroatoms. The smallest absolute Gasteiger partial charge is 0.216 e. The largest absolute Gasteiger partial charge is 0.388 e. The molecule has 2 atom stereocenters. The van der Waals surface area contributed by atoms with Crippen LogP contribution in [0.4, 0.5) is 0 Å². The molecule has 1 fully saturated rings. The van der Waals surface area contributed by atoms with Gasteiger partial charge in [-0.1, -0.05) is 24.3 Å². The number of carbonyl (C=O) groups excluding carboxylic acids is 1. The Kier molecular flexibility index (Phi) is 6.29. The van der Waals surface area contributed by atoms with Gasteiger partial charge in [0.15, 0.2) is 0 Å². The molecule has 1 aromatic carbocycles. The standard InChI is InChI=1S/C17H26N2O2S/c1-13(19-11-17(21)8-10-22-12-17)16-5-3-15(4-6-16)7-9-18-14(2)20/h3-6,13,19,21H,7-12H2,1-2H3,(H,18,20). The molecule has 1 saturated heterocycles. The van der Waals surface area contributed by atoms with Gasteiger partial charge in [0, 0.05) is 31.8 Å². The average Bonchev–Trinajstić information content (AvgIpc) is 2.92. The van der Waals surface area contributed by atoms with Gasteiger partial charge in [-0.05, 0) is 36.6 Å². The van der Waals surface area contributed by atoms with Gasteiger partial charge in [0.1, 0.15) is 0 Å². The van der Waals surface area contributed by atoms with Gasteiger partial charge in [-0.2, -0.15) is 11.8 Å². The maximum Gasteiger partial charge on any atom is 0.216 e. The summed E-state index contributed by atoms with van der Waals surface area (Å²) in [6.07, 6.45) is 1.72. The van der Waals surface area contributed by atoms with Crippen molar-refractivity contribution in [3.8, 4) is 0 Å². The lowest BCUT2D eigenvalue weighted by Gasteiger charge is -2.24. The fourth-order valence-electron chi connectivity index (χ4n) is 2.55. The van der Waals surface area contributed by atoms with E-state index in [4.69, 9.17) is 0 Å². The predicted octanol–water partition coefficient (Wildman–Crippen LogP) is 1.88. The molecule has 22 heavy (non-hydrogen) atoms. The normalized spacial score (nSPS) is 22.5. The van der Waals surface area contributed by atoms with Gasteiger partial charge < -0.3 is 15.7 Å². The summed E-state index contributed by atoms with van der Waals surface area (Å²) >= 11 is 1.82. The average molecular weight is 322 g/mol. The second-order valence-electron chi connectivity index (χ2n) is 6.10. The van der Waals surface area contributed by atoms with Gasteiger partial charge in [0.2, 0.25) is 5.91 Å². The van der Waals surface area contributed by atoms with E-state index in [1.807, 2.05) is 11.8 Å². The van der Waals surface area contributed by atoms with E-state index in [0.29, 0.717) is 13.1 Å². The lowest BCUT2D eigenvalue weighted by atomic mass is 10.0. The van der Waals surface area contributed by atoms with Crippen LogP contribution >= 0.6 is 11.8 Å². The Balaban J connectivity index is 1.80. The number of amides is 1. The molecule has 1 aliphatic heterocycles. The van der Waals surface area contributed by atoms with E-state index in [1.54, 1.807) is 0 Å². The zero-order chi connectivity index (χ0) is 16.0. The van der Waals surface area contributed by atoms with Crippen LogP contribution in [0.2, 0.25) is 0 Å². The van der Waals surface area contributed by atoms with E-state index >= 15 is 0 Å². The van der Waals surface area contributed by atoms with Crippen LogP contribution in [0.5, 0.6) is 0 Å². The molecule has 0 bridgehead atoms. The third kappa shape index (κ3) is 5.30. The Morgan fingerprint density at radius 3 is 2.73 bits per heavy atom. The molecule has 3 N–H and O–H groups in total. The number of benzene rings is 1. The van der Waals surface area contributed by atoms with Gasteiger partial charge in [-0.3, -0.25) is 4.79 Å². The predicted molar refractivity (Wildman–Crippen MR) is 92.1 cm³/mol. The minimum atomic E-state index is -0.544. The zero-order valence-electron chi connectivity index (χ0n) is 13.4. The Bertz CT molecular complexity index is 484. The van der Waals surface area contributed by atoms with Crippen molar-refractivity contribution in [3.63, 3.8) is 0 Å². The molecule has 0 radical (unpaired) electrons. The Hall–Kier alpha value is -1.04. The quantitative estimate of drug-likeness (QED) is 0.717. The summed E-state index contributed by atoms with van der Waals surface area (Å²) < 4.78 is 0. The second-order valence-corrected chi connectivity index (χ2v) is 7.21. The van der Waals surface area contributed by atoms with Crippen LogP contribution in [-0.4, -0.2) is 41.2 Å². The maximum atomic E-state index is 10.8. The van der Waals surface area contributed by atoms with Crippen LogP contribution < -0.4 is 10.6 Å². The lowest BCUT2D eigenvalue weighted by Crippen LogP contribution is -2.41. The highest BCUT2D eigenvalue weighted by Crippen LogP contribution is 2.27. The Labute approximate surface area is 137 Å². The molecule has 2 rings (SSSR count). The summed E-state index contributed by atoms with van der Waals surface area (Å²) in [5, 5.41) is 16.6. The first-order valence-corrected chi connectivity index (χ1v) is 9.01. The number of thioether (sulfide) groups is 1. The van der Waals surface area contributed by atoms with Crippen LogP contribution in [-0.2, 0) is 11.2 Å². The van der Waals surface area contributed by atoms with Crippen LogP contribution in [0.15, 0.2) is 24.3 Å². The van der Waals surface area contributed by atoms with Crippen LogP contribution in [0.25, 0.3) is 0 Å². The van der Waals surface area contributed by atoms with Gasteiger partial charge >= 0.3 is 0 Å². The third-order valence-electron chi connectivity index (χ3n) is 4.09. The van der Waals surface area contributed by atoms with Gasteiger partial charge in [-0.25, -0.2) is 0 Å². The number of nitrogens with one attached hydrogen (secondary N) is 2. The van der Waals surface area contributed by atoms with Crippen molar-refractivity contribution in [1.29, 1.82) is 0 Å². The monoisotopic (exact) mass is 322 g/mol. The van der Waals surface area contributed by atoms with Crippen molar-refractivity contribution in [1.82, 2.24) is 10.6 Å². The first-order valence-electron chi connectivity index (χ1n) is 7.85. The number of carbonyl (C=O) groups is 1. The van der Waals surface area contributed by atoms with E-state index < -0.39 is 5.60 Å². The van der Waals surface area contributed by atoms with Gasteiger partial charge in [0.25, 0.3) is 0 Å².